The molecule has 4 nitrogen and oxygen atoms in total. The first-order valence-electron chi connectivity index (χ1n) is 9.39. The van der Waals surface area contributed by atoms with Gasteiger partial charge in [0.15, 0.2) is 0 Å². The van der Waals surface area contributed by atoms with E-state index >= 15 is 0 Å². The Morgan fingerprint density at radius 1 is 0.917 bits per heavy atom. The normalized spacial score (nSPS) is 29.7. The molecule has 0 spiro atoms. The van der Waals surface area contributed by atoms with Crippen LogP contribution in [0, 0.1) is 17.8 Å². The molecule has 0 radical (unpaired) electrons. The van der Waals surface area contributed by atoms with Gasteiger partial charge in [-0.15, -0.1) is 0 Å². The first-order chi connectivity index (χ1) is 11.7. The van der Waals surface area contributed by atoms with Crippen LogP contribution in [0.2, 0.25) is 0 Å². The second kappa shape index (κ2) is 6.58. The van der Waals surface area contributed by atoms with Gasteiger partial charge in [-0.2, -0.15) is 0 Å². The average Bonchev–Trinajstić information content (AvgIpc) is 3.37. The quantitative estimate of drug-likeness (QED) is 0.928. The number of likely N-dealkylation sites (tertiary alicyclic amines) is 1. The summed E-state index contributed by atoms with van der Waals surface area (Å²) in [6, 6.07) is 9.53. The van der Waals surface area contributed by atoms with Crippen molar-refractivity contribution in [1.29, 1.82) is 0 Å². The lowest BCUT2D eigenvalue weighted by molar-refractivity contribution is -0.134. The average molecular weight is 326 g/mol. The van der Waals surface area contributed by atoms with E-state index in [-0.39, 0.29) is 11.9 Å². The molecule has 0 aromatic heterocycles. The maximum Gasteiger partial charge on any atom is 0.251 e. The largest absolute Gasteiger partial charge is 0.349 e. The number of amides is 2. The van der Waals surface area contributed by atoms with Crippen molar-refractivity contribution in [2.75, 3.05) is 13.1 Å². The SMILES string of the molecule is O=C(NC1CCN(C(=O)C2[C@@H]3CCCC[C@@H]23)CC1)c1ccccc1. The Balaban J connectivity index is 1.26. The minimum absolute atomic E-state index is 0.00594. The number of nitrogens with zero attached hydrogens (tertiary/aromatic N) is 1. The van der Waals surface area contributed by atoms with Gasteiger partial charge in [-0.25, -0.2) is 0 Å². The molecule has 1 heterocycles. The van der Waals surface area contributed by atoms with Crippen molar-refractivity contribution >= 4 is 11.8 Å². The van der Waals surface area contributed by atoms with Crippen LogP contribution < -0.4 is 5.32 Å². The van der Waals surface area contributed by atoms with Crippen LogP contribution >= 0.6 is 0 Å². The van der Waals surface area contributed by atoms with Crippen LogP contribution in [0.25, 0.3) is 0 Å². The van der Waals surface area contributed by atoms with Gasteiger partial charge in [0.25, 0.3) is 5.91 Å². The lowest BCUT2D eigenvalue weighted by Gasteiger charge is -2.32. The predicted octanol–water partition coefficient (Wildman–Crippen LogP) is 2.84. The third-order valence-electron chi connectivity index (χ3n) is 6.12. The Labute approximate surface area is 143 Å². The number of carbonyl (C=O) groups is 2. The maximum absolute atomic E-state index is 12.7. The van der Waals surface area contributed by atoms with Gasteiger partial charge in [0.05, 0.1) is 0 Å². The van der Waals surface area contributed by atoms with Crippen molar-refractivity contribution in [3.63, 3.8) is 0 Å². The van der Waals surface area contributed by atoms with Gasteiger partial charge < -0.3 is 10.2 Å². The minimum Gasteiger partial charge on any atom is -0.349 e. The van der Waals surface area contributed by atoms with Crippen LogP contribution in [0.15, 0.2) is 30.3 Å². The van der Waals surface area contributed by atoms with Crippen molar-refractivity contribution in [3.8, 4) is 0 Å². The number of hydrogen-bond acceptors (Lipinski definition) is 2. The Kier molecular flexibility index (Phi) is 4.30. The van der Waals surface area contributed by atoms with Crippen molar-refractivity contribution in [2.45, 2.75) is 44.6 Å². The molecule has 24 heavy (non-hydrogen) atoms. The first kappa shape index (κ1) is 15.7. The van der Waals surface area contributed by atoms with Crippen molar-refractivity contribution < 1.29 is 9.59 Å². The number of rotatable bonds is 3. The smallest absolute Gasteiger partial charge is 0.251 e. The van der Waals surface area contributed by atoms with E-state index in [4.69, 9.17) is 0 Å². The predicted molar refractivity (Wildman–Crippen MR) is 92.4 cm³/mol. The Morgan fingerprint density at radius 2 is 1.54 bits per heavy atom. The number of benzene rings is 1. The topological polar surface area (TPSA) is 49.4 Å². The summed E-state index contributed by atoms with van der Waals surface area (Å²) in [5.41, 5.74) is 0.707. The zero-order valence-electron chi connectivity index (χ0n) is 14.1. The highest BCUT2D eigenvalue weighted by molar-refractivity contribution is 5.94. The lowest BCUT2D eigenvalue weighted by Crippen LogP contribution is -2.47. The van der Waals surface area contributed by atoms with Crippen molar-refractivity contribution in [2.24, 2.45) is 17.8 Å². The molecule has 1 aromatic carbocycles. The summed E-state index contributed by atoms with van der Waals surface area (Å²) < 4.78 is 0. The molecule has 1 aromatic rings. The van der Waals surface area contributed by atoms with E-state index in [1.165, 1.54) is 25.7 Å². The Morgan fingerprint density at radius 3 is 2.17 bits per heavy atom. The number of nitrogens with one attached hydrogen (secondary N) is 1. The van der Waals surface area contributed by atoms with Gasteiger partial charge in [-0.05, 0) is 49.7 Å². The molecule has 2 atom stereocenters. The summed E-state index contributed by atoms with van der Waals surface area (Å²) in [7, 11) is 0. The Hall–Kier alpha value is -1.84. The van der Waals surface area contributed by atoms with E-state index in [9.17, 15) is 9.59 Å². The maximum atomic E-state index is 12.7. The molecule has 128 valence electrons. The summed E-state index contributed by atoms with van der Waals surface area (Å²) in [5.74, 6) is 2.07. The molecule has 1 aliphatic heterocycles. The molecule has 2 saturated carbocycles. The standard InChI is InChI=1S/C20H26N2O2/c23-19(14-6-2-1-3-7-14)21-15-10-12-22(13-11-15)20(24)18-16-8-4-5-9-17(16)18/h1-3,6-7,15-18H,4-5,8-13H2,(H,21,23)/t16-,17-/m1/s1. The van der Waals surface area contributed by atoms with Gasteiger partial charge in [0, 0.05) is 30.6 Å². The highest BCUT2D eigenvalue weighted by atomic mass is 16.2. The summed E-state index contributed by atoms with van der Waals surface area (Å²) in [4.78, 5) is 27.0. The van der Waals surface area contributed by atoms with E-state index in [1.807, 2.05) is 35.2 Å². The molecule has 3 aliphatic rings. The van der Waals surface area contributed by atoms with Crippen LogP contribution in [0.1, 0.15) is 48.9 Å². The van der Waals surface area contributed by atoms with E-state index in [1.54, 1.807) is 0 Å². The van der Waals surface area contributed by atoms with Crippen LogP contribution in [-0.2, 0) is 4.79 Å². The molecule has 4 rings (SSSR count). The number of carbonyl (C=O) groups excluding carboxylic acids is 2. The van der Waals surface area contributed by atoms with Gasteiger partial charge in [0.2, 0.25) is 5.91 Å². The molecular weight excluding hydrogens is 300 g/mol. The van der Waals surface area contributed by atoms with Crippen molar-refractivity contribution in [1.82, 2.24) is 10.2 Å². The highest BCUT2D eigenvalue weighted by Gasteiger charge is 2.55. The molecule has 1 saturated heterocycles. The van der Waals surface area contributed by atoms with Gasteiger partial charge in [-0.1, -0.05) is 31.0 Å². The van der Waals surface area contributed by atoms with Gasteiger partial charge in [0.1, 0.15) is 0 Å². The van der Waals surface area contributed by atoms with Crippen LogP contribution in [0.4, 0.5) is 0 Å². The molecule has 1 N–H and O–H groups in total. The van der Waals surface area contributed by atoms with E-state index < -0.39 is 0 Å². The van der Waals surface area contributed by atoms with Crippen LogP contribution in [0.5, 0.6) is 0 Å². The fourth-order valence-corrected chi connectivity index (χ4v) is 4.67. The number of hydrogen-bond donors (Lipinski definition) is 1. The molecule has 0 unspecified atom stereocenters. The second-order valence-corrected chi connectivity index (χ2v) is 7.58. The number of piperidine rings is 1. The summed E-state index contributed by atoms with van der Waals surface area (Å²) >= 11 is 0. The first-order valence-corrected chi connectivity index (χ1v) is 9.39. The fraction of sp³-hybridized carbons (Fsp3) is 0.600. The molecule has 4 heteroatoms. The van der Waals surface area contributed by atoms with Gasteiger partial charge >= 0.3 is 0 Å². The molecule has 2 aliphatic carbocycles. The van der Waals surface area contributed by atoms with Crippen LogP contribution in [-0.4, -0.2) is 35.8 Å². The highest BCUT2D eigenvalue weighted by Crippen LogP contribution is 2.56. The molecular formula is C20H26N2O2. The summed E-state index contributed by atoms with van der Waals surface area (Å²) in [6.07, 6.45) is 6.85. The van der Waals surface area contributed by atoms with Crippen molar-refractivity contribution in [3.05, 3.63) is 35.9 Å². The lowest BCUT2D eigenvalue weighted by atomic mass is 10.0. The number of fused-ring (bicyclic) bond motifs is 1. The Bertz CT molecular complexity index is 595. The van der Waals surface area contributed by atoms with E-state index in [0.717, 1.165) is 25.9 Å². The van der Waals surface area contributed by atoms with E-state index in [2.05, 4.69) is 5.32 Å². The third kappa shape index (κ3) is 3.06. The molecule has 3 fully saturated rings. The van der Waals surface area contributed by atoms with Crippen LogP contribution in [0.3, 0.4) is 0 Å². The molecule has 0 bridgehead atoms. The monoisotopic (exact) mass is 326 g/mol. The molecule has 2 amide bonds. The summed E-state index contributed by atoms with van der Waals surface area (Å²) in [6.45, 7) is 1.57. The second-order valence-electron chi connectivity index (χ2n) is 7.58. The third-order valence-corrected chi connectivity index (χ3v) is 6.12. The fourth-order valence-electron chi connectivity index (χ4n) is 4.67. The van der Waals surface area contributed by atoms with Gasteiger partial charge in [-0.3, -0.25) is 9.59 Å². The van der Waals surface area contributed by atoms with E-state index in [0.29, 0.717) is 29.2 Å². The summed E-state index contributed by atoms with van der Waals surface area (Å²) in [5, 5.41) is 3.11. The zero-order valence-corrected chi connectivity index (χ0v) is 14.1. The minimum atomic E-state index is -0.00594. The zero-order chi connectivity index (χ0) is 16.5.